The molecule has 1 amide bonds. The van der Waals surface area contributed by atoms with E-state index in [1.807, 2.05) is 31.5 Å². The van der Waals surface area contributed by atoms with Crippen molar-refractivity contribution in [3.05, 3.63) is 27.5 Å². The Labute approximate surface area is 122 Å². The Balaban J connectivity index is 1.76. The van der Waals surface area contributed by atoms with Crippen LogP contribution in [0.4, 0.5) is 0 Å². The molecule has 2 aromatic heterocycles. The van der Waals surface area contributed by atoms with Crippen molar-refractivity contribution in [2.24, 2.45) is 0 Å². The molecule has 0 atom stereocenters. The van der Waals surface area contributed by atoms with Gasteiger partial charge in [-0.2, -0.15) is 5.10 Å². The molecule has 1 N–H and O–H groups in total. The Bertz CT molecular complexity index is 589. The van der Waals surface area contributed by atoms with Crippen LogP contribution >= 0.6 is 11.3 Å². The minimum absolute atomic E-state index is 0.00537. The molecular formula is C13H19N5OS. The maximum absolute atomic E-state index is 11.8. The fourth-order valence-corrected chi connectivity index (χ4v) is 2.60. The van der Waals surface area contributed by atoms with Gasteiger partial charge in [0.2, 0.25) is 5.91 Å². The lowest BCUT2D eigenvalue weighted by atomic mass is 10.3. The molecule has 0 saturated heterocycles. The van der Waals surface area contributed by atoms with Gasteiger partial charge in [-0.05, 0) is 26.3 Å². The molecule has 20 heavy (non-hydrogen) atoms. The van der Waals surface area contributed by atoms with Crippen LogP contribution in [-0.4, -0.2) is 25.9 Å². The number of carbonyl (C=O) groups excluding carboxylic acids is 1. The maximum atomic E-state index is 11.8. The van der Waals surface area contributed by atoms with E-state index in [4.69, 9.17) is 0 Å². The number of carbonyl (C=O) groups is 1. The van der Waals surface area contributed by atoms with Gasteiger partial charge in [-0.25, -0.2) is 0 Å². The Hall–Kier alpha value is -1.76. The van der Waals surface area contributed by atoms with E-state index < -0.39 is 0 Å². The van der Waals surface area contributed by atoms with Crippen LogP contribution < -0.4 is 5.32 Å². The van der Waals surface area contributed by atoms with Crippen molar-refractivity contribution in [2.45, 2.75) is 46.7 Å². The van der Waals surface area contributed by atoms with Crippen LogP contribution in [0.15, 0.2) is 6.07 Å². The summed E-state index contributed by atoms with van der Waals surface area (Å²) < 4.78 is 1.86. The third-order valence-corrected chi connectivity index (χ3v) is 3.97. The fourth-order valence-electron chi connectivity index (χ4n) is 1.87. The fraction of sp³-hybridized carbons (Fsp3) is 0.538. The second-order valence-corrected chi connectivity index (χ2v) is 5.77. The molecule has 0 aliphatic carbocycles. The molecule has 0 fully saturated rings. The maximum Gasteiger partial charge on any atom is 0.222 e. The summed E-state index contributed by atoms with van der Waals surface area (Å²) in [6.45, 7) is 7.03. The topological polar surface area (TPSA) is 72.7 Å². The monoisotopic (exact) mass is 293 g/mol. The first kappa shape index (κ1) is 14.6. The zero-order valence-corrected chi connectivity index (χ0v) is 12.8. The molecular weight excluding hydrogens is 274 g/mol. The van der Waals surface area contributed by atoms with Crippen molar-refractivity contribution in [1.29, 1.82) is 0 Å². The van der Waals surface area contributed by atoms with Crippen molar-refractivity contribution < 1.29 is 4.79 Å². The van der Waals surface area contributed by atoms with E-state index in [1.54, 1.807) is 11.3 Å². The summed E-state index contributed by atoms with van der Waals surface area (Å²) in [6.07, 6.45) is 1.30. The first-order valence-electron chi connectivity index (χ1n) is 6.67. The zero-order chi connectivity index (χ0) is 14.5. The van der Waals surface area contributed by atoms with E-state index in [0.29, 0.717) is 19.5 Å². The van der Waals surface area contributed by atoms with E-state index in [9.17, 15) is 4.79 Å². The second kappa shape index (κ2) is 6.60. The minimum Gasteiger partial charge on any atom is -0.349 e. The van der Waals surface area contributed by atoms with Crippen LogP contribution in [0.5, 0.6) is 0 Å². The predicted molar refractivity (Wildman–Crippen MR) is 77.5 cm³/mol. The van der Waals surface area contributed by atoms with E-state index in [1.165, 1.54) is 0 Å². The minimum atomic E-state index is 0.00537. The first-order valence-corrected chi connectivity index (χ1v) is 7.49. The summed E-state index contributed by atoms with van der Waals surface area (Å²) in [7, 11) is 0. The van der Waals surface area contributed by atoms with E-state index in [0.717, 1.165) is 27.8 Å². The van der Waals surface area contributed by atoms with E-state index >= 15 is 0 Å². The van der Waals surface area contributed by atoms with Crippen LogP contribution in [0.25, 0.3) is 0 Å². The smallest absolute Gasteiger partial charge is 0.222 e. The molecule has 0 saturated carbocycles. The second-order valence-electron chi connectivity index (χ2n) is 4.62. The molecule has 0 spiro atoms. The van der Waals surface area contributed by atoms with Crippen LogP contribution in [0, 0.1) is 13.8 Å². The standard InChI is InChI=1S/C13H19N5OS/c1-4-12-15-16-13(20-12)8-14-11(19)5-6-18-10(3)7-9(2)17-18/h7H,4-6,8H2,1-3H3,(H,14,19). The molecule has 0 aliphatic heterocycles. The summed E-state index contributed by atoms with van der Waals surface area (Å²) >= 11 is 1.54. The molecule has 6 nitrogen and oxygen atoms in total. The van der Waals surface area contributed by atoms with Crippen LogP contribution in [0.1, 0.15) is 34.7 Å². The van der Waals surface area contributed by atoms with Gasteiger partial charge in [0.15, 0.2) is 0 Å². The largest absolute Gasteiger partial charge is 0.349 e. The molecule has 0 aromatic carbocycles. The van der Waals surface area contributed by atoms with Crippen molar-refractivity contribution in [2.75, 3.05) is 0 Å². The quantitative estimate of drug-likeness (QED) is 0.878. The Morgan fingerprint density at radius 3 is 2.70 bits per heavy atom. The molecule has 108 valence electrons. The normalized spacial score (nSPS) is 10.8. The highest BCUT2D eigenvalue weighted by atomic mass is 32.1. The molecule has 2 rings (SSSR count). The molecule has 2 aromatic rings. The lowest BCUT2D eigenvalue weighted by molar-refractivity contribution is -0.121. The highest BCUT2D eigenvalue weighted by Gasteiger charge is 2.07. The molecule has 0 aliphatic rings. The van der Waals surface area contributed by atoms with Gasteiger partial charge in [0.1, 0.15) is 10.0 Å². The SMILES string of the molecule is CCc1nnc(CNC(=O)CCn2nc(C)cc2C)s1. The number of aryl methyl sites for hydroxylation is 4. The highest BCUT2D eigenvalue weighted by molar-refractivity contribution is 7.11. The number of rotatable bonds is 6. The number of hydrogen-bond acceptors (Lipinski definition) is 5. The Kier molecular flexibility index (Phi) is 4.84. The van der Waals surface area contributed by atoms with Crippen molar-refractivity contribution in [3.63, 3.8) is 0 Å². The number of nitrogens with one attached hydrogen (secondary N) is 1. The van der Waals surface area contributed by atoms with Crippen LogP contribution in [0.2, 0.25) is 0 Å². The zero-order valence-electron chi connectivity index (χ0n) is 12.0. The summed E-state index contributed by atoms with van der Waals surface area (Å²) in [5, 5.41) is 17.1. The average Bonchev–Trinajstić information content (AvgIpc) is 3.00. The average molecular weight is 293 g/mol. The third kappa shape index (κ3) is 3.86. The number of nitrogens with zero attached hydrogens (tertiary/aromatic N) is 4. The van der Waals surface area contributed by atoms with Gasteiger partial charge in [-0.1, -0.05) is 18.3 Å². The number of aromatic nitrogens is 4. The molecule has 7 heteroatoms. The van der Waals surface area contributed by atoms with Gasteiger partial charge in [0.05, 0.1) is 12.2 Å². The van der Waals surface area contributed by atoms with Crippen LogP contribution in [-0.2, 0) is 24.3 Å². The van der Waals surface area contributed by atoms with Gasteiger partial charge in [-0.15, -0.1) is 10.2 Å². The Morgan fingerprint density at radius 2 is 2.10 bits per heavy atom. The van der Waals surface area contributed by atoms with Gasteiger partial charge in [0, 0.05) is 18.7 Å². The first-order chi connectivity index (χ1) is 9.58. The molecule has 2 heterocycles. The number of hydrogen-bond donors (Lipinski definition) is 1. The summed E-state index contributed by atoms with van der Waals surface area (Å²) in [4.78, 5) is 11.8. The highest BCUT2D eigenvalue weighted by Crippen LogP contribution is 2.09. The molecule has 0 radical (unpaired) electrons. The van der Waals surface area contributed by atoms with Crippen molar-refractivity contribution in [1.82, 2.24) is 25.3 Å². The third-order valence-electron chi connectivity index (χ3n) is 2.90. The van der Waals surface area contributed by atoms with Crippen LogP contribution in [0.3, 0.4) is 0 Å². The number of amides is 1. The summed E-state index contributed by atoms with van der Waals surface area (Å²) in [5.74, 6) is 0.00537. The summed E-state index contributed by atoms with van der Waals surface area (Å²) in [5.41, 5.74) is 2.05. The lowest BCUT2D eigenvalue weighted by Crippen LogP contribution is -2.24. The van der Waals surface area contributed by atoms with E-state index in [2.05, 4.69) is 20.6 Å². The van der Waals surface area contributed by atoms with Gasteiger partial charge in [0.25, 0.3) is 0 Å². The molecule has 0 bridgehead atoms. The summed E-state index contributed by atoms with van der Waals surface area (Å²) in [6, 6.07) is 2.01. The van der Waals surface area contributed by atoms with Crippen molar-refractivity contribution >= 4 is 17.2 Å². The van der Waals surface area contributed by atoms with Gasteiger partial charge in [-0.3, -0.25) is 9.48 Å². The lowest BCUT2D eigenvalue weighted by Gasteiger charge is -2.05. The van der Waals surface area contributed by atoms with Gasteiger partial charge >= 0.3 is 0 Å². The van der Waals surface area contributed by atoms with Crippen molar-refractivity contribution in [3.8, 4) is 0 Å². The Morgan fingerprint density at radius 1 is 1.35 bits per heavy atom. The molecule has 0 unspecified atom stereocenters. The van der Waals surface area contributed by atoms with E-state index in [-0.39, 0.29) is 5.91 Å². The van der Waals surface area contributed by atoms with Gasteiger partial charge < -0.3 is 5.32 Å². The predicted octanol–water partition coefficient (Wildman–Crippen LogP) is 1.62.